The van der Waals surface area contributed by atoms with E-state index >= 15 is 0 Å². The minimum atomic E-state index is -0.676. The summed E-state index contributed by atoms with van der Waals surface area (Å²) in [5.41, 5.74) is 5.65. The van der Waals surface area contributed by atoms with Crippen LogP contribution in [0.1, 0.15) is 11.1 Å². The van der Waals surface area contributed by atoms with E-state index in [1.54, 1.807) is 0 Å². The zero-order valence-corrected chi connectivity index (χ0v) is 12.3. The largest absolute Gasteiger partial charge is 0.486 e. The number of benzene rings is 2. The Morgan fingerprint density at radius 1 is 1.19 bits per heavy atom. The average molecular weight is 333 g/mol. The maximum atomic E-state index is 13.7. The van der Waals surface area contributed by atoms with Crippen molar-refractivity contribution in [2.75, 3.05) is 0 Å². The topological polar surface area (TPSA) is 59.1 Å². The Morgan fingerprint density at radius 3 is 2.48 bits per heavy atom. The van der Waals surface area contributed by atoms with Gasteiger partial charge in [0.2, 0.25) is 0 Å². The van der Waals surface area contributed by atoms with Crippen molar-refractivity contribution < 1.29 is 13.5 Å². The Bertz CT molecular complexity index is 645. The molecule has 0 atom stereocenters. The number of hydrogen-bond acceptors (Lipinski definition) is 2. The van der Waals surface area contributed by atoms with Gasteiger partial charge in [-0.2, -0.15) is 0 Å². The fraction of sp³-hybridized carbons (Fsp3) is 0.0714. The lowest BCUT2D eigenvalue weighted by Gasteiger charge is -2.10. The first kappa shape index (κ1) is 17.2. The van der Waals surface area contributed by atoms with Crippen molar-refractivity contribution in [2.24, 2.45) is 5.73 Å². The molecule has 0 amide bonds. The zero-order chi connectivity index (χ0) is 14.7. The number of halogens is 4. The highest BCUT2D eigenvalue weighted by atomic mass is 35.5. The first-order valence-corrected chi connectivity index (χ1v) is 6.06. The van der Waals surface area contributed by atoms with E-state index in [-0.39, 0.29) is 46.7 Å². The van der Waals surface area contributed by atoms with Gasteiger partial charge in [0.15, 0.2) is 11.6 Å². The molecule has 0 fully saturated rings. The first-order chi connectivity index (χ1) is 9.49. The summed E-state index contributed by atoms with van der Waals surface area (Å²) in [6.07, 6.45) is 0. The molecule has 3 nitrogen and oxygen atoms in total. The minimum absolute atomic E-state index is 0. The normalized spacial score (nSPS) is 9.86. The molecule has 7 heteroatoms. The molecular weight excluding hydrogens is 321 g/mol. The Kier molecular flexibility index (Phi) is 5.93. The highest BCUT2D eigenvalue weighted by molar-refractivity contribution is 6.31. The number of hydrogen-bond donors (Lipinski definition) is 2. The van der Waals surface area contributed by atoms with Crippen LogP contribution in [0.2, 0.25) is 5.02 Å². The second-order valence-corrected chi connectivity index (χ2v) is 4.45. The minimum Gasteiger partial charge on any atom is -0.486 e. The fourth-order valence-corrected chi connectivity index (χ4v) is 1.82. The zero-order valence-electron chi connectivity index (χ0n) is 10.7. The molecule has 3 N–H and O–H groups in total. The molecule has 2 aromatic carbocycles. The predicted octanol–water partition coefficient (Wildman–Crippen LogP) is 3.90. The molecule has 0 unspecified atom stereocenters. The Labute approximate surface area is 131 Å². The lowest BCUT2D eigenvalue weighted by Crippen LogP contribution is -2.11. The van der Waals surface area contributed by atoms with Gasteiger partial charge < -0.3 is 10.5 Å². The summed E-state index contributed by atoms with van der Waals surface area (Å²) in [4.78, 5) is 0. The summed E-state index contributed by atoms with van der Waals surface area (Å²) in [5.74, 6) is -1.50. The quantitative estimate of drug-likeness (QED) is 0.658. The van der Waals surface area contributed by atoms with Crippen LogP contribution >= 0.6 is 24.0 Å². The molecule has 0 aromatic heterocycles. The van der Waals surface area contributed by atoms with Gasteiger partial charge in [-0.05, 0) is 30.3 Å². The van der Waals surface area contributed by atoms with Gasteiger partial charge in [-0.3, -0.25) is 5.41 Å². The van der Waals surface area contributed by atoms with Crippen molar-refractivity contribution >= 4 is 29.8 Å². The van der Waals surface area contributed by atoms with Crippen molar-refractivity contribution in [3.8, 4) is 5.75 Å². The van der Waals surface area contributed by atoms with Crippen LogP contribution in [0.25, 0.3) is 0 Å². The third-order valence-corrected chi connectivity index (χ3v) is 3.03. The molecule has 0 bridgehead atoms. The average Bonchev–Trinajstić information content (AvgIpc) is 2.39. The molecule has 0 heterocycles. The van der Waals surface area contributed by atoms with Crippen molar-refractivity contribution in [1.29, 1.82) is 5.41 Å². The van der Waals surface area contributed by atoms with Gasteiger partial charge in [0, 0.05) is 11.1 Å². The molecule has 0 saturated carbocycles. The number of nitrogen functional groups attached to an aromatic ring is 1. The van der Waals surface area contributed by atoms with Crippen LogP contribution in [0.3, 0.4) is 0 Å². The second-order valence-electron chi connectivity index (χ2n) is 4.05. The molecule has 21 heavy (non-hydrogen) atoms. The Morgan fingerprint density at radius 2 is 1.90 bits per heavy atom. The summed E-state index contributed by atoms with van der Waals surface area (Å²) in [6.45, 7) is -0.193. The van der Waals surface area contributed by atoms with Crippen LogP contribution in [-0.4, -0.2) is 5.84 Å². The standard InChI is InChI=1S/C14H11ClF2N2O.ClH/c15-10-2-1-3-11(16)9(10)7-20-13-5-4-8(14(18)19)6-12(13)17;/h1-6H,7H2,(H3,18,19);1H. The first-order valence-electron chi connectivity index (χ1n) is 5.68. The van der Waals surface area contributed by atoms with Gasteiger partial charge in [-0.15, -0.1) is 12.4 Å². The summed E-state index contributed by atoms with van der Waals surface area (Å²) < 4.78 is 32.4. The van der Waals surface area contributed by atoms with E-state index in [1.807, 2.05) is 0 Å². The molecule has 0 aliphatic carbocycles. The number of rotatable bonds is 4. The van der Waals surface area contributed by atoms with Gasteiger partial charge in [0.1, 0.15) is 18.3 Å². The Balaban J connectivity index is 0.00000220. The number of nitrogens with two attached hydrogens (primary N) is 1. The highest BCUT2D eigenvalue weighted by Crippen LogP contribution is 2.23. The van der Waals surface area contributed by atoms with Crippen LogP contribution in [0.5, 0.6) is 5.75 Å². The van der Waals surface area contributed by atoms with Gasteiger partial charge in [0.25, 0.3) is 0 Å². The van der Waals surface area contributed by atoms with Crippen molar-refractivity contribution in [3.05, 3.63) is 64.2 Å². The van der Waals surface area contributed by atoms with Crippen LogP contribution in [0.15, 0.2) is 36.4 Å². The molecule has 0 radical (unpaired) electrons. The lowest BCUT2D eigenvalue weighted by molar-refractivity contribution is 0.285. The monoisotopic (exact) mass is 332 g/mol. The van der Waals surface area contributed by atoms with E-state index in [2.05, 4.69) is 0 Å². The third kappa shape index (κ3) is 4.06. The van der Waals surface area contributed by atoms with Crippen molar-refractivity contribution in [3.63, 3.8) is 0 Å². The second kappa shape index (κ2) is 7.24. The van der Waals surface area contributed by atoms with Crippen LogP contribution in [-0.2, 0) is 6.61 Å². The summed E-state index contributed by atoms with van der Waals surface area (Å²) >= 11 is 5.84. The fourth-order valence-electron chi connectivity index (χ4n) is 1.61. The summed E-state index contributed by atoms with van der Waals surface area (Å²) in [5, 5.41) is 7.41. The van der Waals surface area contributed by atoms with Crippen molar-refractivity contribution in [1.82, 2.24) is 0 Å². The molecule has 0 saturated heterocycles. The Hall–Kier alpha value is -1.85. The third-order valence-electron chi connectivity index (χ3n) is 2.68. The maximum Gasteiger partial charge on any atom is 0.165 e. The molecule has 0 aliphatic rings. The van der Waals surface area contributed by atoms with E-state index in [1.165, 1.54) is 30.3 Å². The van der Waals surface area contributed by atoms with Crippen LogP contribution < -0.4 is 10.5 Å². The van der Waals surface area contributed by atoms with E-state index in [0.29, 0.717) is 0 Å². The van der Waals surface area contributed by atoms with Crippen molar-refractivity contribution in [2.45, 2.75) is 6.61 Å². The van der Waals surface area contributed by atoms with Gasteiger partial charge in [-0.25, -0.2) is 8.78 Å². The molecular formula is C14H12Cl2F2N2O. The highest BCUT2D eigenvalue weighted by Gasteiger charge is 2.10. The number of amidine groups is 1. The summed E-state index contributed by atoms with van der Waals surface area (Å²) in [6, 6.07) is 8.12. The van der Waals surface area contributed by atoms with Gasteiger partial charge in [-0.1, -0.05) is 17.7 Å². The molecule has 0 aliphatic heterocycles. The smallest absolute Gasteiger partial charge is 0.165 e. The number of nitrogens with one attached hydrogen (secondary N) is 1. The van der Waals surface area contributed by atoms with Crippen LogP contribution in [0.4, 0.5) is 8.78 Å². The number of ether oxygens (including phenoxy) is 1. The molecule has 2 aromatic rings. The predicted molar refractivity (Wildman–Crippen MR) is 80.4 cm³/mol. The van der Waals surface area contributed by atoms with Crippen LogP contribution in [0, 0.1) is 17.0 Å². The molecule has 0 spiro atoms. The molecule has 112 valence electrons. The molecule has 2 rings (SSSR count). The SMILES string of the molecule is Cl.N=C(N)c1ccc(OCc2c(F)cccc2Cl)c(F)c1. The van der Waals surface area contributed by atoms with E-state index < -0.39 is 11.6 Å². The van der Waals surface area contributed by atoms with E-state index in [4.69, 9.17) is 27.5 Å². The lowest BCUT2D eigenvalue weighted by atomic mass is 10.2. The summed E-state index contributed by atoms with van der Waals surface area (Å²) in [7, 11) is 0. The maximum absolute atomic E-state index is 13.7. The van der Waals surface area contributed by atoms with E-state index in [0.717, 1.165) is 6.07 Å². The van der Waals surface area contributed by atoms with Gasteiger partial charge >= 0.3 is 0 Å². The van der Waals surface area contributed by atoms with E-state index in [9.17, 15) is 8.78 Å². The van der Waals surface area contributed by atoms with Gasteiger partial charge in [0.05, 0.1) is 5.02 Å².